The Morgan fingerprint density at radius 1 is 1.07 bits per heavy atom. The summed E-state index contributed by atoms with van der Waals surface area (Å²) in [5.74, 6) is 2.88. The summed E-state index contributed by atoms with van der Waals surface area (Å²) < 4.78 is 22.4. The summed E-state index contributed by atoms with van der Waals surface area (Å²) in [6.07, 6.45) is 6.39. The van der Waals surface area contributed by atoms with Crippen molar-refractivity contribution in [3.63, 3.8) is 0 Å². The lowest BCUT2D eigenvalue weighted by Crippen LogP contribution is -2.15. The molecule has 0 aromatic heterocycles. The fraction of sp³-hybridized carbons (Fsp3) is 0.217. The van der Waals surface area contributed by atoms with Crippen LogP contribution in [0.15, 0.2) is 78.8 Å². The van der Waals surface area contributed by atoms with Crippen LogP contribution < -0.4 is 9.47 Å². The first-order valence-corrected chi connectivity index (χ1v) is 8.81. The van der Waals surface area contributed by atoms with Gasteiger partial charge in [0.2, 0.25) is 0 Å². The zero-order chi connectivity index (χ0) is 19.1. The van der Waals surface area contributed by atoms with E-state index in [-0.39, 0.29) is 6.10 Å². The second kappa shape index (κ2) is 8.99. The first kappa shape index (κ1) is 18.6. The summed E-state index contributed by atoms with van der Waals surface area (Å²) in [6, 6.07) is 15.9. The quantitative estimate of drug-likeness (QED) is 0.683. The molecule has 0 aliphatic carbocycles. The molecule has 0 amide bonds. The van der Waals surface area contributed by atoms with Gasteiger partial charge < -0.3 is 18.9 Å². The van der Waals surface area contributed by atoms with Crippen LogP contribution >= 0.6 is 0 Å². The third-order valence-corrected chi connectivity index (χ3v) is 4.22. The van der Waals surface area contributed by atoms with Crippen molar-refractivity contribution in [1.29, 1.82) is 0 Å². The highest BCUT2D eigenvalue weighted by molar-refractivity contribution is 5.56. The monoisotopic (exact) mass is 364 g/mol. The zero-order valence-corrected chi connectivity index (χ0v) is 15.7. The molecule has 0 N–H and O–H groups in total. The van der Waals surface area contributed by atoms with Gasteiger partial charge in [0.1, 0.15) is 24.2 Å². The van der Waals surface area contributed by atoms with Crippen LogP contribution in [-0.4, -0.2) is 20.3 Å². The lowest BCUT2D eigenvalue weighted by molar-refractivity contribution is 0.126. The predicted octanol–water partition coefficient (Wildman–Crippen LogP) is 5.12. The second-order valence-electron chi connectivity index (χ2n) is 6.19. The first-order valence-electron chi connectivity index (χ1n) is 8.81. The molecule has 0 spiro atoms. The molecule has 1 atom stereocenters. The summed E-state index contributed by atoms with van der Waals surface area (Å²) in [5, 5.41) is 0. The maximum absolute atomic E-state index is 5.90. The molecule has 3 rings (SSSR count). The summed E-state index contributed by atoms with van der Waals surface area (Å²) >= 11 is 0. The number of rotatable bonds is 7. The Morgan fingerprint density at radius 3 is 2.63 bits per heavy atom. The Labute approximate surface area is 160 Å². The third kappa shape index (κ3) is 5.17. The van der Waals surface area contributed by atoms with Crippen molar-refractivity contribution in [3.8, 4) is 11.5 Å². The molecule has 1 aliphatic rings. The van der Waals surface area contributed by atoms with Gasteiger partial charge in [-0.15, -0.1) is 0 Å². The van der Waals surface area contributed by atoms with Gasteiger partial charge in [-0.25, -0.2) is 0 Å². The molecule has 0 bridgehead atoms. The van der Waals surface area contributed by atoms with Crippen LogP contribution in [0.5, 0.6) is 11.5 Å². The Balaban J connectivity index is 1.67. The maximum atomic E-state index is 5.90. The Kier molecular flexibility index (Phi) is 6.21. The van der Waals surface area contributed by atoms with Gasteiger partial charge in [-0.05, 0) is 29.3 Å². The Hall–Kier alpha value is -3.14. The third-order valence-electron chi connectivity index (χ3n) is 4.22. The fourth-order valence-electron chi connectivity index (χ4n) is 2.82. The Morgan fingerprint density at radius 2 is 1.89 bits per heavy atom. The van der Waals surface area contributed by atoms with Crippen molar-refractivity contribution in [1.82, 2.24) is 0 Å². The standard InChI is InChI=1S/C23H24O4/c1-17-13-21(24-2)15-20(27-17)11-9-18-10-12-22(23(14-18)25-3)26-16-19-7-5-4-6-8-19/h4-14,20H,1,15-16H2,2-3H3/b11-9+. The van der Waals surface area contributed by atoms with E-state index in [2.05, 4.69) is 6.58 Å². The molecule has 0 radical (unpaired) electrons. The molecule has 0 saturated carbocycles. The fourth-order valence-corrected chi connectivity index (χ4v) is 2.82. The summed E-state index contributed by atoms with van der Waals surface area (Å²) in [5.41, 5.74) is 2.11. The van der Waals surface area contributed by atoms with Crippen LogP contribution in [0.2, 0.25) is 0 Å². The minimum atomic E-state index is -0.0996. The summed E-state index contributed by atoms with van der Waals surface area (Å²) in [6.45, 7) is 4.35. The van der Waals surface area contributed by atoms with Crippen LogP contribution in [0.1, 0.15) is 17.5 Å². The summed E-state index contributed by atoms with van der Waals surface area (Å²) in [4.78, 5) is 0. The van der Waals surface area contributed by atoms with Crippen LogP contribution in [0.3, 0.4) is 0 Å². The molecule has 2 aromatic rings. The second-order valence-corrected chi connectivity index (χ2v) is 6.19. The van der Waals surface area contributed by atoms with Crippen LogP contribution in [-0.2, 0) is 16.1 Å². The number of hydrogen-bond acceptors (Lipinski definition) is 4. The molecule has 27 heavy (non-hydrogen) atoms. The molecular formula is C23H24O4. The number of methoxy groups -OCH3 is 2. The molecule has 2 aromatic carbocycles. The molecule has 1 unspecified atom stereocenters. The van der Waals surface area contributed by atoms with Crippen molar-refractivity contribution < 1.29 is 18.9 Å². The van der Waals surface area contributed by atoms with Crippen molar-refractivity contribution in [2.24, 2.45) is 0 Å². The molecule has 4 heteroatoms. The average Bonchev–Trinajstić information content (AvgIpc) is 2.71. The van der Waals surface area contributed by atoms with Gasteiger partial charge >= 0.3 is 0 Å². The van der Waals surface area contributed by atoms with Gasteiger partial charge in [-0.1, -0.05) is 49.1 Å². The lowest BCUT2D eigenvalue weighted by Gasteiger charge is -2.22. The van der Waals surface area contributed by atoms with Crippen molar-refractivity contribution >= 4 is 6.08 Å². The van der Waals surface area contributed by atoms with Crippen molar-refractivity contribution in [2.75, 3.05) is 14.2 Å². The topological polar surface area (TPSA) is 36.9 Å². The molecular weight excluding hydrogens is 340 g/mol. The lowest BCUT2D eigenvalue weighted by atomic mass is 10.1. The molecule has 4 nitrogen and oxygen atoms in total. The number of ether oxygens (including phenoxy) is 4. The SMILES string of the molecule is C=C1C=C(OC)CC(/C=C/c2ccc(OCc3ccccc3)c(OC)c2)O1. The molecule has 0 saturated heterocycles. The minimum absolute atomic E-state index is 0.0996. The number of hydrogen-bond donors (Lipinski definition) is 0. The highest BCUT2D eigenvalue weighted by atomic mass is 16.5. The zero-order valence-electron chi connectivity index (χ0n) is 15.7. The van der Waals surface area contributed by atoms with E-state index < -0.39 is 0 Å². The molecule has 1 heterocycles. The first-order chi connectivity index (χ1) is 13.2. The van der Waals surface area contributed by atoms with Gasteiger partial charge in [0.15, 0.2) is 11.5 Å². The van der Waals surface area contributed by atoms with Crippen molar-refractivity contribution in [3.05, 3.63) is 89.9 Å². The number of allylic oxidation sites excluding steroid dienone is 1. The summed E-state index contributed by atoms with van der Waals surface area (Å²) in [7, 11) is 3.30. The van der Waals surface area contributed by atoms with E-state index in [1.54, 1.807) is 14.2 Å². The van der Waals surface area contributed by atoms with Gasteiger partial charge in [-0.3, -0.25) is 0 Å². The minimum Gasteiger partial charge on any atom is -0.501 e. The van der Waals surface area contributed by atoms with E-state index in [1.165, 1.54) is 0 Å². The molecule has 1 aliphatic heterocycles. The molecule has 0 fully saturated rings. The van der Waals surface area contributed by atoms with E-state index >= 15 is 0 Å². The van der Waals surface area contributed by atoms with E-state index in [0.717, 1.165) is 16.9 Å². The van der Waals surface area contributed by atoms with E-state index in [1.807, 2.05) is 66.8 Å². The Bertz CT molecular complexity index is 837. The van der Waals surface area contributed by atoms with Crippen LogP contribution in [0.4, 0.5) is 0 Å². The van der Waals surface area contributed by atoms with Crippen LogP contribution in [0, 0.1) is 0 Å². The number of benzene rings is 2. The van der Waals surface area contributed by atoms with Gasteiger partial charge in [-0.2, -0.15) is 0 Å². The highest BCUT2D eigenvalue weighted by Crippen LogP contribution is 2.30. The predicted molar refractivity (Wildman–Crippen MR) is 107 cm³/mol. The maximum Gasteiger partial charge on any atom is 0.161 e. The van der Waals surface area contributed by atoms with E-state index in [0.29, 0.717) is 30.3 Å². The van der Waals surface area contributed by atoms with E-state index in [4.69, 9.17) is 18.9 Å². The average molecular weight is 364 g/mol. The largest absolute Gasteiger partial charge is 0.501 e. The van der Waals surface area contributed by atoms with Crippen LogP contribution in [0.25, 0.3) is 6.08 Å². The highest BCUT2D eigenvalue weighted by Gasteiger charge is 2.16. The van der Waals surface area contributed by atoms with Gasteiger partial charge in [0.25, 0.3) is 0 Å². The molecule has 140 valence electrons. The van der Waals surface area contributed by atoms with Crippen molar-refractivity contribution in [2.45, 2.75) is 19.1 Å². The normalized spacial score (nSPS) is 16.6. The van der Waals surface area contributed by atoms with Gasteiger partial charge in [0, 0.05) is 12.5 Å². The smallest absolute Gasteiger partial charge is 0.161 e. The van der Waals surface area contributed by atoms with E-state index in [9.17, 15) is 0 Å². The van der Waals surface area contributed by atoms with Gasteiger partial charge in [0.05, 0.1) is 14.2 Å².